The highest BCUT2D eigenvalue weighted by Gasteiger charge is 2.50. The molecule has 20 heavy (non-hydrogen) atoms. The van der Waals surface area contributed by atoms with Crippen LogP contribution in [0.4, 0.5) is 0 Å². The molecule has 3 rings (SSSR count). The van der Waals surface area contributed by atoms with Gasteiger partial charge in [-0.2, -0.15) is 0 Å². The van der Waals surface area contributed by atoms with Gasteiger partial charge in [0.05, 0.1) is 6.10 Å². The summed E-state index contributed by atoms with van der Waals surface area (Å²) in [7, 11) is 0. The number of ether oxygens (including phenoxy) is 1. The quantitative estimate of drug-likeness (QED) is 0.827. The third-order valence-corrected chi connectivity index (χ3v) is 5.56. The summed E-state index contributed by atoms with van der Waals surface area (Å²) in [5.41, 5.74) is 0.334. The third-order valence-electron chi connectivity index (χ3n) is 4.69. The fraction of sp³-hybridized carbons (Fsp3) is 0.765. The van der Waals surface area contributed by atoms with Crippen LogP contribution in [0.5, 0.6) is 0 Å². The van der Waals surface area contributed by atoms with E-state index in [1.165, 1.54) is 30.6 Å². The van der Waals surface area contributed by atoms with Gasteiger partial charge in [-0.15, -0.1) is 11.3 Å². The van der Waals surface area contributed by atoms with E-state index in [1.54, 1.807) is 0 Å². The van der Waals surface area contributed by atoms with Crippen LogP contribution in [0.15, 0.2) is 17.5 Å². The average molecular weight is 293 g/mol. The van der Waals surface area contributed by atoms with Crippen molar-refractivity contribution < 1.29 is 4.74 Å². The second-order valence-corrected chi connectivity index (χ2v) is 8.05. The second-order valence-electron chi connectivity index (χ2n) is 7.02. The second kappa shape index (κ2) is 6.17. The van der Waals surface area contributed by atoms with Crippen LogP contribution in [0, 0.1) is 17.3 Å². The summed E-state index contributed by atoms with van der Waals surface area (Å²) in [5.74, 6) is 1.55. The molecule has 0 amide bonds. The van der Waals surface area contributed by atoms with E-state index in [9.17, 15) is 0 Å². The van der Waals surface area contributed by atoms with Gasteiger partial charge in [0.2, 0.25) is 0 Å². The van der Waals surface area contributed by atoms with Crippen molar-refractivity contribution in [3.8, 4) is 0 Å². The van der Waals surface area contributed by atoms with Gasteiger partial charge in [0.25, 0.3) is 0 Å². The molecular weight excluding hydrogens is 266 g/mol. The maximum Gasteiger partial charge on any atom is 0.0675 e. The Morgan fingerprint density at radius 3 is 2.95 bits per heavy atom. The maximum atomic E-state index is 6.16. The van der Waals surface area contributed by atoms with Crippen LogP contribution in [0.2, 0.25) is 0 Å². The first-order valence-corrected chi connectivity index (χ1v) is 8.92. The lowest BCUT2D eigenvalue weighted by Crippen LogP contribution is -2.44. The average Bonchev–Trinajstić information content (AvgIpc) is 2.96. The van der Waals surface area contributed by atoms with Crippen LogP contribution >= 0.6 is 11.3 Å². The molecule has 1 aliphatic heterocycles. The standard InChI is InChI=1S/C17H27NOS/c1-13(2)11-18-12-17(10-15-4-3-9-20-15)7-8-19-16(17)14-5-6-14/h3-4,9,13-14,16,18H,5-8,10-12H2,1-2H3. The number of hydrogen-bond donors (Lipinski definition) is 1. The monoisotopic (exact) mass is 293 g/mol. The molecule has 1 aromatic heterocycles. The van der Waals surface area contributed by atoms with E-state index in [1.807, 2.05) is 11.3 Å². The number of thiophene rings is 1. The molecule has 0 spiro atoms. The molecule has 0 aromatic carbocycles. The molecule has 112 valence electrons. The normalized spacial score (nSPS) is 30.2. The fourth-order valence-corrected chi connectivity index (χ4v) is 4.41. The Morgan fingerprint density at radius 1 is 1.45 bits per heavy atom. The van der Waals surface area contributed by atoms with Crippen LogP contribution in [0.25, 0.3) is 0 Å². The lowest BCUT2D eigenvalue weighted by molar-refractivity contribution is 0.0307. The SMILES string of the molecule is CC(C)CNCC1(Cc2cccs2)CCOC1C1CC1. The van der Waals surface area contributed by atoms with E-state index in [4.69, 9.17) is 4.74 Å². The lowest BCUT2D eigenvalue weighted by Gasteiger charge is -2.35. The van der Waals surface area contributed by atoms with Crippen molar-refractivity contribution in [1.82, 2.24) is 5.32 Å². The number of hydrogen-bond acceptors (Lipinski definition) is 3. The maximum absolute atomic E-state index is 6.16. The van der Waals surface area contributed by atoms with Gasteiger partial charge in [-0.25, -0.2) is 0 Å². The molecule has 1 saturated carbocycles. The minimum atomic E-state index is 0.334. The highest BCUT2D eigenvalue weighted by Crippen LogP contribution is 2.49. The van der Waals surface area contributed by atoms with Crippen molar-refractivity contribution in [3.63, 3.8) is 0 Å². The zero-order valence-corrected chi connectivity index (χ0v) is 13.5. The van der Waals surface area contributed by atoms with E-state index < -0.39 is 0 Å². The number of nitrogens with one attached hydrogen (secondary N) is 1. The summed E-state index contributed by atoms with van der Waals surface area (Å²) in [6.45, 7) is 7.74. The molecule has 1 saturated heterocycles. The van der Waals surface area contributed by atoms with Gasteiger partial charge in [0.15, 0.2) is 0 Å². The summed E-state index contributed by atoms with van der Waals surface area (Å²) < 4.78 is 6.16. The molecule has 0 radical (unpaired) electrons. The Bertz CT molecular complexity index is 413. The van der Waals surface area contributed by atoms with Gasteiger partial charge in [0.1, 0.15) is 0 Å². The zero-order valence-electron chi connectivity index (χ0n) is 12.7. The summed E-state index contributed by atoms with van der Waals surface area (Å²) in [4.78, 5) is 1.52. The highest BCUT2D eigenvalue weighted by atomic mass is 32.1. The van der Waals surface area contributed by atoms with Crippen molar-refractivity contribution in [2.24, 2.45) is 17.3 Å². The Labute approximate surface area is 126 Å². The van der Waals surface area contributed by atoms with Crippen molar-refractivity contribution in [2.75, 3.05) is 19.7 Å². The minimum Gasteiger partial charge on any atom is -0.377 e. The Balaban J connectivity index is 1.71. The van der Waals surface area contributed by atoms with Crippen LogP contribution in [0.3, 0.4) is 0 Å². The summed E-state index contributed by atoms with van der Waals surface area (Å²) in [6.07, 6.45) is 5.65. The molecule has 2 nitrogen and oxygen atoms in total. The fourth-order valence-electron chi connectivity index (χ4n) is 3.55. The highest BCUT2D eigenvalue weighted by molar-refractivity contribution is 7.09. The van der Waals surface area contributed by atoms with Crippen molar-refractivity contribution >= 4 is 11.3 Å². The molecule has 2 heterocycles. The van der Waals surface area contributed by atoms with Gasteiger partial charge in [-0.3, -0.25) is 0 Å². The molecule has 2 fully saturated rings. The number of rotatable bonds is 7. The minimum absolute atomic E-state index is 0.334. The van der Waals surface area contributed by atoms with Crippen LogP contribution in [-0.4, -0.2) is 25.8 Å². The lowest BCUT2D eigenvalue weighted by atomic mass is 9.75. The van der Waals surface area contributed by atoms with Crippen molar-refractivity contribution in [1.29, 1.82) is 0 Å². The summed E-state index contributed by atoms with van der Waals surface area (Å²) in [6, 6.07) is 4.47. The third kappa shape index (κ3) is 3.26. The first-order chi connectivity index (χ1) is 9.70. The van der Waals surface area contributed by atoms with Gasteiger partial charge in [-0.1, -0.05) is 19.9 Å². The van der Waals surface area contributed by atoms with Gasteiger partial charge in [-0.05, 0) is 55.5 Å². The predicted octanol–water partition coefficient (Wildman–Crippen LogP) is 3.72. The van der Waals surface area contributed by atoms with E-state index >= 15 is 0 Å². The molecule has 2 unspecified atom stereocenters. The van der Waals surface area contributed by atoms with Gasteiger partial charge < -0.3 is 10.1 Å². The summed E-state index contributed by atoms with van der Waals surface area (Å²) in [5, 5.41) is 5.92. The largest absolute Gasteiger partial charge is 0.377 e. The smallest absolute Gasteiger partial charge is 0.0675 e. The molecule has 1 aliphatic carbocycles. The molecule has 3 heteroatoms. The zero-order chi connectivity index (χ0) is 14.0. The van der Waals surface area contributed by atoms with E-state index in [0.717, 1.165) is 31.5 Å². The topological polar surface area (TPSA) is 21.3 Å². The molecule has 1 aromatic rings. The Hall–Kier alpha value is -0.380. The first kappa shape index (κ1) is 14.6. The van der Waals surface area contributed by atoms with E-state index in [-0.39, 0.29) is 0 Å². The van der Waals surface area contributed by atoms with E-state index in [0.29, 0.717) is 11.5 Å². The van der Waals surface area contributed by atoms with Crippen LogP contribution in [0.1, 0.15) is 38.0 Å². The Kier molecular flexibility index (Phi) is 4.49. The van der Waals surface area contributed by atoms with Crippen molar-refractivity contribution in [2.45, 2.75) is 45.6 Å². The van der Waals surface area contributed by atoms with Gasteiger partial charge in [0, 0.05) is 23.4 Å². The molecule has 2 atom stereocenters. The first-order valence-electron chi connectivity index (χ1n) is 8.04. The van der Waals surface area contributed by atoms with Gasteiger partial charge >= 0.3 is 0 Å². The van der Waals surface area contributed by atoms with E-state index in [2.05, 4.69) is 36.7 Å². The molecule has 0 bridgehead atoms. The molecule has 2 aliphatic rings. The predicted molar refractivity (Wildman–Crippen MR) is 85.2 cm³/mol. The molecule has 1 N–H and O–H groups in total. The summed E-state index contributed by atoms with van der Waals surface area (Å²) >= 11 is 1.90. The van der Waals surface area contributed by atoms with Crippen LogP contribution < -0.4 is 5.32 Å². The Morgan fingerprint density at radius 2 is 2.30 bits per heavy atom. The van der Waals surface area contributed by atoms with Crippen LogP contribution in [-0.2, 0) is 11.2 Å². The molecular formula is C17H27NOS. The van der Waals surface area contributed by atoms with Crippen molar-refractivity contribution in [3.05, 3.63) is 22.4 Å².